The molecule has 0 fully saturated rings. The molecule has 0 aromatic heterocycles. The number of hydrogen-bond acceptors (Lipinski definition) is 5. The first kappa shape index (κ1) is 15.7. The fourth-order valence-electron chi connectivity index (χ4n) is 1.24. The predicted molar refractivity (Wildman–Crippen MR) is 66.8 cm³/mol. The maximum Gasteiger partial charge on any atom is 0.324 e. The molecule has 0 spiro atoms. The summed E-state index contributed by atoms with van der Waals surface area (Å²) in [7, 11) is -2.72. The van der Waals surface area contributed by atoms with Crippen molar-refractivity contribution in [3.8, 4) is 5.75 Å². The summed E-state index contributed by atoms with van der Waals surface area (Å²) < 4.78 is 30.5. The molecule has 0 bridgehead atoms. The number of aliphatic carboxylic acids is 1. The number of carboxylic acid groups (broad SMARTS) is 1. The van der Waals surface area contributed by atoms with Gasteiger partial charge < -0.3 is 14.9 Å². The third kappa shape index (κ3) is 3.80. The van der Waals surface area contributed by atoms with Gasteiger partial charge in [-0.1, -0.05) is 11.6 Å². The highest BCUT2D eigenvalue weighted by Gasteiger charge is 2.25. The lowest BCUT2D eigenvalue weighted by Gasteiger charge is -2.13. The van der Waals surface area contributed by atoms with Crippen molar-refractivity contribution >= 4 is 27.6 Å². The van der Waals surface area contributed by atoms with Crippen molar-refractivity contribution in [1.29, 1.82) is 0 Å². The van der Waals surface area contributed by atoms with Crippen LogP contribution in [-0.2, 0) is 14.8 Å². The number of carbonyl (C=O) groups is 1. The van der Waals surface area contributed by atoms with E-state index in [-0.39, 0.29) is 15.7 Å². The monoisotopic (exact) mass is 309 g/mol. The molecule has 0 heterocycles. The fourth-order valence-corrected chi connectivity index (χ4v) is 2.76. The van der Waals surface area contributed by atoms with Gasteiger partial charge in [-0.25, -0.2) is 8.42 Å². The van der Waals surface area contributed by atoms with Gasteiger partial charge in [-0.2, -0.15) is 4.72 Å². The van der Waals surface area contributed by atoms with E-state index in [1.165, 1.54) is 19.2 Å². The summed E-state index contributed by atoms with van der Waals surface area (Å²) in [6.45, 7) is -0.863. The van der Waals surface area contributed by atoms with Gasteiger partial charge in [0.1, 0.15) is 11.8 Å². The maximum atomic E-state index is 11.9. The summed E-state index contributed by atoms with van der Waals surface area (Å²) in [6, 6.07) is 2.05. The number of ether oxygens (including phenoxy) is 1. The van der Waals surface area contributed by atoms with E-state index in [1.807, 2.05) is 4.72 Å². The van der Waals surface area contributed by atoms with Gasteiger partial charge >= 0.3 is 5.97 Å². The Morgan fingerprint density at radius 2 is 2.16 bits per heavy atom. The van der Waals surface area contributed by atoms with E-state index in [2.05, 4.69) is 0 Å². The number of sulfonamides is 1. The molecular weight excluding hydrogens is 298 g/mol. The van der Waals surface area contributed by atoms with Crippen LogP contribution in [0.5, 0.6) is 5.75 Å². The summed E-state index contributed by atoms with van der Waals surface area (Å²) in [6.07, 6.45) is 0. The van der Waals surface area contributed by atoms with Crippen LogP contribution in [0.25, 0.3) is 0 Å². The zero-order valence-corrected chi connectivity index (χ0v) is 11.4. The third-order valence-electron chi connectivity index (χ3n) is 2.21. The molecule has 0 aliphatic carbocycles. The molecule has 1 aromatic carbocycles. The summed E-state index contributed by atoms with van der Waals surface area (Å²) >= 11 is 5.79. The van der Waals surface area contributed by atoms with Crippen LogP contribution in [0.15, 0.2) is 23.1 Å². The number of carboxylic acids is 1. The number of nitrogens with one attached hydrogen (secondary N) is 1. The lowest BCUT2D eigenvalue weighted by Crippen LogP contribution is -2.43. The van der Waals surface area contributed by atoms with E-state index in [4.69, 9.17) is 26.6 Å². The van der Waals surface area contributed by atoms with Crippen LogP contribution in [0, 0.1) is 0 Å². The molecule has 0 aliphatic heterocycles. The topological polar surface area (TPSA) is 113 Å². The molecule has 0 amide bonds. The van der Waals surface area contributed by atoms with Gasteiger partial charge in [0.15, 0.2) is 0 Å². The van der Waals surface area contributed by atoms with Crippen LogP contribution < -0.4 is 9.46 Å². The van der Waals surface area contributed by atoms with Crippen LogP contribution in [0.4, 0.5) is 0 Å². The Hall–Kier alpha value is -1.35. The summed E-state index contributed by atoms with van der Waals surface area (Å²) in [5.41, 5.74) is 0. The average Bonchev–Trinajstić information content (AvgIpc) is 2.35. The zero-order chi connectivity index (χ0) is 14.6. The summed E-state index contributed by atoms with van der Waals surface area (Å²) in [4.78, 5) is 10.4. The maximum absolute atomic E-state index is 11.9. The van der Waals surface area contributed by atoms with E-state index >= 15 is 0 Å². The van der Waals surface area contributed by atoms with Crippen molar-refractivity contribution < 1.29 is 28.2 Å². The van der Waals surface area contributed by atoms with Crippen LogP contribution in [0.1, 0.15) is 0 Å². The largest absolute Gasteiger partial charge is 0.495 e. The minimum absolute atomic E-state index is 0.0706. The molecule has 0 saturated carbocycles. The average molecular weight is 310 g/mol. The summed E-state index contributed by atoms with van der Waals surface area (Å²) in [5, 5.41) is 17.5. The van der Waals surface area contributed by atoms with E-state index in [9.17, 15) is 13.2 Å². The van der Waals surface area contributed by atoms with Gasteiger partial charge in [0.25, 0.3) is 0 Å². The highest BCUT2D eigenvalue weighted by Crippen LogP contribution is 2.26. The van der Waals surface area contributed by atoms with Gasteiger partial charge in [0.05, 0.1) is 23.6 Å². The number of aliphatic hydroxyl groups is 1. The molecule has 19 heavy (non-hydrogen) atoms. The van der Waals surface area contributed by atoms with Crippen LogP contribution in [0.3, 0.4) is 0 Å². The van der Waals surface area contributed by atoms with Crippen molar-refractivity contribution in [2.75, 3.05) is 13.7 Å². The molecule has 0 radical (unpaired) electrons. The van der Waals surface area contributed by atoms with Crippen molar-refractivity contribution in [3.05, 3.63) is 23.2 Å². The Bertz CT molecular complexity index is 573. The van der Waals surface area contributed by atoms with Gasteiger partial charge in [0.2, 0.25) is 10.0 Å². The second-order valence-corrected chi connectivity index (χ2v) is 5.61. The Labute approximate surface area is 114 Å². The second-order valence-electron chi connectivity index (χ2n) is 3.49. The molecular formula is C10H12ClNO6S. The number of aliphatic hydroxyl groups excluding tert-OH is 1. The molecule has 0 unspecified atom stereocenters. The molecule has 1 rings (SSSR count). The van der Waals surface area contributed by atoms with E-state index in [0.29, 0.717) is 0 Å². The summed E-state index contributed by atoms with van der Waals surface area (Å²) in [5.74, 6) is -1.19. The van der Waals surface area contributed by atoms with Gasteiger partial charge in [-0.3, -0.25) is 4.79 Å². The second kappa shape index (κ2) is 6.20. The van der Waals surface area contributed by atoms with Gasteiger partial charge in [-0.05, 0) is 18.2 Å². The van der Waals surface area contributed by atoms with Crippen molar-refractivity contribution in [1.82, 2.24) is 4.72 Å². The SMILES string of the molecule is COc1ccc(S(=O)(=O)N[C@H](CO)C(=O)O)cc1Cl. The van der Waals surface area contributed by atoms with E-state index in [1.54, 1.807) is 0 Å². The first-order valence-corrected chi connectivity index (χ1v) is 6.87. The number of methoxy groups -OCH3 is 1. The fraction of sp³-hybridized carbons (Fsp3) is 0.300. The Balaban J connectivity index is 3.07. The predicted octanol–water partition coefficient (Wildman–Crippen LogP) is 0.0724. The normalized spacial score (nSPS) is 13.0. The lowest BCUT2D eigenvalue weighted by molar-refractivity contribution is -0.139. The van der Waals surface area contributed by atoms with Crippen LogP contribution in [-0.4, -0.2) is 44.4 Å². The first-order chi connectivity index (χ1) is 8.81. The highest BCUT2D eigenvalue weighted by molar-refractivity contribution is 7.89. The van der Waals surface area contributed by atoms with Crippen molar-refractivity contribution in [2.45, 2.75) is 10.9 Å². The minimum atomic E-state index is -4.09. The molecule has 3 N–H and O–H groups in total. The molecule has 0 aliphatic rings. The van der Waals surface area contributed by atoms with E-state index in [0.717, 1.165) is 6.07 Å². The number of rotatable bonds is 6. The molecule has 106 valence electrons. The Kier molecular flexibility index (Phi) is 5.12. The van der Waals surface area contributed by atoms with Crippen LogP contribution in [0.2, 0.25) is 5.02 Å². The number of halogens is 1. The lowest BCUT2D eigenvalue weighted by atomic mass is 10.3. The molecule has 1 atom stereocenters. The van der Waals surface area contributed by atoms with Gasteiger partial charge in [0, 0.05) is 0 Å². The minimum Gasteiger partial charge on any atom is -0.495 e. The highest BCUT2D eigenvalue weighted by atomic mass is 35.5. The molecule has 9 heteroatoms. The molecule has 0 saturated heterocycles. The van der Waals surface area contributed by atoms with Crippen LogP contribution >= 0.6 is 11.6 Å². The quantitative estimate of drug-likeness (QED) is 0.685. The van der Waals surface area contributed by atoms with E-state index < -0.39 is 28.6 Å². The first-order valence-electron chi connectivity index (χ1n) is 5.01. The molecule has 1 aromatic rings. The van der Waals surface area contributed by atoms with Crippen molar-refractivity contribution in [2.24, 2.45) is 0 Å². The third-order valence-corrected chi connectivity index (χ3v) is 3.98. The Morgan fingerprint density at radius 1 is 1.53 bits per heavy atom. The molecule has 7 nitrogen and oxygen atoms in total. The zero-order valence-electron chi connectivity index (χ0n) is 9.83. The Morgan fingerprint density at radius 3 is 2.58 bits per heavy atom. The number of benzene rings is 1. The standard InChI is InChI=1S/C10H12ClNO6S/c1-18-9-3-2-6(4-7(9)11)19(16,17)12-8(5-13)10(14)15/h2-4,8,12-13H,5H2,1H3,(H,14,15)/t8-/m1/s1. The number of hydrogen-bond donors (Lipinski definition) is 3. The smallest absolute Gasteiger partial charge is 0.324 e. The van der Waals surface area contributed by atoms with Crippen molar-refractivity contribution in [3.63, 3.8) is 0 Å². The van der Waals surface area contributed by atoms with Gasteiger partial charge in [-0.15, -0.1) is 0 Å².